The smallest absolute Gasteiger partial charge is 0.311 e. The van der Waals surface area contributed by atoms with Crippen molar-refractivity contribution in [1.82, 2.24) is 0 Å². The van der Waals surface area contributed by atoms with Gasteiger partial charge in [0.25, 0.3) is 0 Å². The minimum absolute atomic E-state index is 0.0000926. The van der Waals surface area contributed by atoms with Gasteiger partial charge in [-0.3, -0.25) is 10.1 Å². The Balaban J connectivity index is 2.39. The zero-order valence-electron chi connectivity index (χ0n) is 10.1. The molecule has 0 bridgehead atoms. The van der Waals surface area contributed by atoms with Crippen molar-refractivity contribution in [1.29, 1.82) is 0 Å². The molecule has 1 saturated carbocycles. The van der Waals surface area contributed by atoms with Gasteiger partial charge in [0.15, 0.2) is 5.75 Å². The molecule has 0 heterocycles. The largest absolute Gasteiger partial charge is 0.490 e. The van der Waals surface area contributed by atoms with Gasteiger partial charge in [0.1, 0.15) is 0 Å². The number of benzene rings is 1. The normalized spacial score (nSPS) is 25.4. The predicted molar refractivity (Wildman–Crippen MR) is 64.1 cm³/mol. The molecule has 2 atom stereocenters. The maximum absolute atomic E-state index is 10.9. The number of nitrogens with two attached hydrogens (primary N) is 1. The van der Waals surface area contributed by atoms with Crippen molar-refractivity contribution in [2.75, 3.05) is 7.11 Å². The Morgan fingerprint density at radius 1 is 1.47 bits per heavy atom. The molecule has 0 aromatic heterocycles. The molecule has 0 aliphatic heterocycles. The summed E-state index contributed by atoms with van der Waals surface area (Å²) in [5.74, 6) is 0.470. The van der Waals surface area contributed by atoms with Crippen LogP contribution in [-0.4, -0.2) is 18.1 Å². The Kier molecular flexibility index (Phi) is 2.58. The topological polar surface area (TPSA) is 78.4 Å². The van der Waals surface area contributed by atoms with Crippen LogP contribution in [0.15, 0.2) is 18.2 Å². The summed E-state index contributed by atoms with van der Waals surface area (Å²) in [6.07, 6.45) is 0. The van der Waals surface area contributed by atoms with Gasteiger partial charge >= 0.3 is 5.69 Å². The Morgan fingerprint density at radius 3 is 2.47 bits per heavy atom. The molecule has 0 radical (unpaired) electrons. The molecule has 1 aromatic rings. The summed E-state index contributed by atoms with van der Waals surface area (Å²) < 4.78 is 4.97. The Labute approximate surface area is 99.7 Å². The third-order valence-corrected chi connectivity index (χ3v) is 3.67. The van der Waals surface area contributed by atoms with Crippen molar-refractivity contribution in [3.05, 3.63) is 33.9 Å². The van der Waals surface area contributed by atoms with E-state index in [2.05, 4.69) is 13.8 Å². The number of hydrogen-bond donors (Lipinski definition) is 1. The first-order valence-corrected chi connectivity index (χ1v) is 5.47. The Morgan fingerprint density at radius 2 is 2.06 bits per heavy atom. The SMILES string of the molecule is COc1ccc(C2C(N)C2(C)C)cc1[N+](=O)[O-]. The number of rotatable bonds is 3. The Bertz CT molecular complexity index is 471. The minimum Gasteiger partial charge on any atom is -0.490 e. The number of methoxy groups -OCH3 is 1. The molecule has 5 heteroatoms. The van der Waals surface area contributed by atoms with Crippen LogP contribution in [0.2, 0.25) is 0 Å². The lowest BCUT2D eigenvalue weighted by Crippen LogP contribution is -2.06. The van der Waals surface area contributed by atoms with Gasteiger partial charge < -0.3 is 10.5 Å². The fourth-order valence-corrected chi connectivity index (χ4v) is 2.36. The molecule has 0 saturated heterocycles. The van der Waals surface area contributed by atoms with Crippen molar-refractivity contribution in [3.8, 4) is 5.75 Å². The highest BCUT2D eigenvalue weighted by atomic mass is 16.6. The lowest BCUT2D eigenvalue weighted by Gasteiger charge is -2.05. The van der Waals surface area contributed by atoms with E-state index in [0.29, 0.717) is 0 Å². The van der Waals surface area contributed by atoms with Crippen LogP contribution in [0.25, 0.3) is 0 Å². The van der Waals surface area contributed by atoms with E-state index in [-0.39, 0.29) is 28.8 Å². The first kappa shape index (κ1) is 11.9. The van der Waals surface area contributed by atoms with Crippen LogP contribution in [0.1, 0.15) is 25.3 Å². The second-order valence-electron chi connectivity index (χ2n) is 5.01. The van der Waals surface area contributed by atoms with Crippen LogP contribution in [-0.2, 0) is 0 Å². The molecule has 1 aromatic carbocycles. The van der Waals surface area contributed by atoms with Gasteiger partial charge in [-0.25, -0.2) is 0 Å². The summed E-state index contributed by atoms with van der Waals surface area (Å²) in [5, 5.41) is 10.9. The first-order valence-electron chi connectivity index (χ1n) is 5.47. The fourth-order valence-electron chi connectivity index (χ4n) is 2.36. The van der Waals surface area contributed by atoms with E-state index >= 15 is 0 Å². The second-order valence-corrected chi connectivity index (χ2v) is 5.01. The predicted octanol–water partition coefficient (Wildman–Crippen LogP) is 2.05. The fraction of sp³-hybridized carbons (Fsp3) is 0.500. The zero-order chi connectivity index (χ0) is 12.8. The molecule has 1 aliphatic rings. The third-order valence-electron chi connectivity index (χ3n) is 3.67. The monoisotopic (exact) mass is 236 g/mol. The van der Waals surface area contributed by atoms with Crippen LogP contribution >= 0.6 is 0 Å². The second kappa shape index (κ2) is 3.70. The van der Waals surface area contributed by atoms with Crippen LogP contribution < -0.4 is 10.5 Å². The van der Waals surface area contributed by atoms with Gasteiger partial charge in [0.2, 0.25) is 0 Å². The summed E-state index contributed by atoms with van der Waals surface area (Å²) in [5.41, 5.74) is 6.90. The van der Waals surface area contributed by atoms with Crippen molar-refractivity contribution in [2.45, 2.75) is 25.8 Å². The molecule has 2 N–H and O–H groups in total. The van der Waals surface area contributed by atoms with Gasteiger partial charge in [-0.15, -0.1) is 0 Å². The molecule has 2 rings (SSSR count). The molecule has 17 heavy (non-hydrogen) atoms. The summed E-state index contributed by atoms with van der Waals surface area (Å²) >= 11 is 0. The van der Waals surface area contributed by atoms with Gasteiger partial charge in [-0.2, -0.15) is 0 Å². The number of ether oxygens (including phenoxy) is 1. The minimum atomic E-state index is -0.427. The molecule has 1 fully saturated rings. The van der Waals surface area contributed by atoms with Gasteiger partial charge in [-0.05, 0) is 17.0 Å². The van der Waals surface area contributed by atoms with Crippen LogP contribution in [0, 0.1) is 15.5 Å². The molecule has 1 aliphatic carbocycles. The summed E-state index contributed by atoms with van der Waals surface area (Å²) in [4.78, 5) is 10.5. The molecular formula is C12H16N2O3. The highest BCUT2D eigenvalue weighted by Gasteiger charge is 2.56. The van der Waals surface area contributed by atoms with Gasteiger partial charge in [0, 0.05) is 18.0 Å². The average molecular weight is 236 g/mol. The van der Waals surface area contributed by atoms with Crippen molar-refractivity contribution in [2.24, 2.45) is 11.1 Å². The summed E-state index contributed by atoms with van der Waals surface area (Å²) in [6.45, 7) is 4.14. The van der Waals surface area contributed by atoms with Crippen LogP contribution in [0.5, 0.6) is 5.75 Å². The van der Waals surface area contributed by atoms with Gasteiger partial charge in [0.05, 0.1) is 12.0 Å². The van der Waals surface area contributed by atoms with E-state index in [1.54, 1.807) is 12.1 Å². The number of nitro benzene ring substituents is 1. The molecule has 92 valence electrons. The average Bonchev–Trinajstić information content (AvgIpc) is 2.77. The standard InChI is InChI=1S/C12H16N2O3/c1-12(2)10(11(12)13)7-4-5-9(17-3)8(6-7)14(15)16/h4-6,10-11H,13H2,1-3H3. The molecule has 5 nitrogen and oxygen atoms in total. The van der Waals surface area contributed by atoms with E-state index in [1.807, 2.05) is 6.07 Å². The quantitative estimate of drug-likeness (QED) is 0.643. The number of nitrogens with zero attached hydrogens (tertiary/aromatic N) is 1. The molecular weight excluding hydrogens is 220 g/mol. The molecule has 0 amide bonds. The lowest BCUT2D eigenvalue weighted by atomic mass is 10.0. The zero-order valence-corrected chi connectivity index (χ0v) is 10.1. The third kappa shape index (κ3) is 1.76. The van der Waals surface area contributed by atoms with Crippen LogP contribution in [0.3, 0.4) is 0 Å². The Hall–Kier alpha value is -1.62. The van der Waals surface area contributed by atoms with Crippen molar-refractivity contribution in [3.63, 3.8) is 0 Å². The van der Waals surface area contributed by atoms with E-state index in [0.717, 1.165) is 5.56 Å². The van der Waals surface area contributed by atoms with E-state index < -0.39 is 4.92 Å². The maximum Gasteiger partial charge on any atom is 0.311 e. The molecule has 0 spiro atoms. The van der Waals surface area contributed by atoms with Crippen LogP contribution in [0.4, 0.5) is 5.69 Å². The van der Waals surface area contributed by atoms with E-state index in [4.69, 9.17) is 10.5 Å². The first-order chi connectivity index (χ1) is 7.89. The summed E-state index contributed by atoms with van der Waals surface area (Å²) in [6, 6.07) is 5.12. The number of hydrogen-bond acceptors (Lipinski definition) is 4. The highest BCUT2D eigenvalue weighted by molar-refractivity contribution is 5.51. The highest BCUT2D eigenvalue weighted by Crippen LogP contribution is 2.57. The lowest BCUT2D eigenvalue weighted by molar-refractivity contribution is -0.385. The van der Waals surface area contributed by atoms with Crippen molar-refractivity contribution >= 4 is 5.69 Å². The van der Waals surface area contributed by atoms with Gasteiger partial charge in [-0.1, -0.05) is 19.9 Å². The van der Waals surface area contributed by atoms with E-state index in [1.165, 1.54) is 7.11 Å². The van der Waals surface area contributed by atoms with Crippen molar-refractivity contribution < 1.29 is 9.66 Å². The molecule has 2 unspecified atom stereocenters. The number of nitro groups is 1. The maximum atomic E-state index is 10.9. The summed E-state index contributed by atoms with van der Waals surface area (Å²) in [7, 11) is 1.43. The van der Waals surface area contributed by atoms with E-state index in [9.17, 15) is 10.1 Å².